The topological polar surface area (TPSA) is 90.2 Å². The van der Waals surface area contributed by atoms with Crippen molar-refractivity contribution in [3.63, 3.8) is 0 Å². The van der Waals surface area contributed by atoms with Gasteiger partial charge in [-0.2, -0.15) is 0 Å². The minimum Gasteiger partial charge on any atom is -0.467 e. The molecule has 2 N–H and O–H groups in total. The van der Waals surface area contributed by atoms with Gasteiger partial charge in [-0.25, -0.2) is 0 Å². The zero-order valence-electron chi connectivity index (χ0n) is 10.1. The predicted octanol–water partition coefficient (Wildman–Crippen LogP) is 0.102. The van der Waals surface area contributed by atoms with Crippen molar-refractivity contribution >= 4 is 5.91 Å². The van der Waals surface area contributed by atoms with Crippen molar-refractivity contribution in [3.05, 3.63) is 36.0 Å². The van der Waals surface area contributed by atoms with E-state index in [-0.39, 0.29) is 5.91 Å². The summed E-state index contributed by atoms with van der Waals surface area (Å²) in [4.78, 5) is 13.5. The van der Waals surface area contributed by atoms with Crippen LogP contribution in [0.2, 0.25) is 0 Å². The third-order valence-corrected chi connectivity index (χ3v) is 2.44. The summed E-state index contributed by atoms with van der Waals surface area (Å²) in [7, 11) is 1.69. The molecule has 7 nitrogen and oxygen atoms in total. The van der Waals surface area contributed by atoms with E-state index in [9.17, 15) is 4.79 Å². The SMILES string of the molecule is CN(Cc1ccco1)C(=O)c1cn(CCN)nn1. The molecule has 0 fully saturated rings. The van der Waals surface area contributed by atoms with Crippen LogP contribution in [-0.2, 0) is 13.1 Å². The molecule has 0 saturated carbocycles. The average Bonchev–Trinajstić information content (AvgIpc) is 3.00. The van der Waals surface area contributed by atoms with E-state index in [1.54, 1.807) is 30.3 Å². The van der Waals surface area contributed by atoms with Crippen LogP contribution in [0.15, 0.2) is 29.0 Å². The third-order valence-electron chi connectivity index (χ3n) is 2.44. The van der Waals surface area contributed by atoms with Crippen LogP contribution >= 0.6 is 0 Å². The molecule has 2 aromatic rings. The van der Waals surface area contributed by atoms with Gasteiger partial charge in [-0.15, -0.1) is 5.10 Å². The summed E-state index contributed by atoms with van der Waals surface area (Å²) in [6, 6.07) is 3.60. The molecule has 0 aliphatic heterocycles. The summed E-state index contributed by atoms with van der Waals surface area (Å²) in [5.74, 6) is 0.523. The molecule has 0 aromatic carbocycles. The van der Waals surface area contributed by atoms with E-state index in [4.69, 9.17) is 10.2 Å². The molecule has 0 saturated heterocycles. The van der Waals surface area contributed by atoms with E-state index in [1.165, 1.54) is 4.90 Å². The Kier molecular flexibility index (Phi) is 3.73. The number of aromatic nitrogens is 3. The highest BCUT2D eigenvalue weighted by Gasteiger charge is 2.16. The van der Waals surface area contributed by atoms with E-state index >= 15 is 0 Å². The molecule has 0 spiro atoms. The second-order valence-corrected chi connectivity index (χ2v) is 3.90. The molecule has 2 heterocycles. The minimum atomic E-state index is -0.199. The molecule has 18 heavy (non-hydrogen) atoms. The number of nitrogens with two attached hydrogens (primary N) is 1. The lowest BCUT2D eigenvalue weighted by Gasteiger charge is -2.13. The Balaban J connectivity index is 2.01. The molecule has 0 atom stereocenters. The molecule has 7 heteroatoms. The van der Waals surface area contributed by atoms with Crippen molar-refractivity contribution in [3.8, 4) is 0 Å². The molecular formula is C11H15N5O2. The van der Waals surface area contributed by atoms with E-state index in [0.717, 1.165) is 5.76 Å². The molecule has 2 aromatic heterocycles. The number of hydrogen-bond acceptors (Lipinski definition) is 5. The van der Waals surface area contributed by atoms with Crippen LogP contribution in [0.5, 0.6) is 0 Å². The van der Waals surface area contributed by atoms with Gasteiger partial charge in [0, 0.05) is 13.6 Å². The van der Waals surface area contributed by atoms with Crippen molar-refractivity contribution < 1.29 is 9.21 Å². The van der Waals surface area contributed by atoms with Crippen LogP contribution in [-0.4, -0.2) is 39.4 Å². The number of nitrogens with zero attached hydrogens (tertiary/aromatic N) is 4. The predicted molar refractivity (Wildman–Crippen MR) is 63.6 cm³/mol. The molecule has 0 radical (unpaired) electrons. The van der Waals surface area contributed by atoms with Gasteiger partial charge in [-0.3, -0.25) is 9.48 Å². The first kappa shape index (κ1) is 12.3. The maximum absolute atomic E-state index is 12.0. The molecule has 0 aliphatic rings. The zero-order valence-corrected chi connectivity index (χ0v) is 10.1. The van der Waals surface area contributed by atoms with Crippen molar-refractivity contribution in [1.82, 2.24) is 19.9 Å². The number of rotatable bonds is 5. The van der Waals surface area contributed by atoms with Crippen molar-refractivity contribution in [1.29, 1.82) is 0 Å². The number of furan rings is 1. The first-order valence-corrected chi connectivity index (χ1v) is 5.58. The summed E-state index contributed by atoms with van der Waals surface area (Å²) in [6.07, 6.45) is 3.17. The minimum absolute atomic E-state index is 0.199. The summed E-state index contributed by atoms with van der Waals surface area (Å²) in [5.41, 5.74) is 5.70. The van der Waals surface area contributed by atoms with Gasteiger partial charge in [0.15, 0.2) is 5.69 Å². The summed E-state index contributed by atoms with van der Waals surface area (Å²) in [6.45, 7) is 1.40. The lowest BCUT2D eigenvalue weighted by Crippen LogP contribution is -2.26. The standard InChI is InChI=1S/C11H15N5O2/c1-15(7-9-3-2-6-18-9)11(17)10-8-16(5-4-12)14-13-10/h2-3,6,8H,4-5,7,12H2,1H3. The molecule has 0 aliphatic carbocycles. The van der Waals surface area contributed by atoms with Gasteiger partial charge in [-0.05, 0) is 12.1 Å². The molecule has 2 rings (SSSR count). The summed E-state index contributed by atoms with van der Waals surface area (Å²) in [5, 5.41) is 7.64. The Labute approximate surface area is 104 Å². The lowest BCUT2D eigenvalue weighted by atomic mass is 10.3. The van der Waals surface area contributed by atoms with Gasteiger partial charge in [0.05, 0.1) is 25.5 Å². The molecule has 0 bridgehead atoms. The van der Waals surface area contributed by atoms with Crippen molar-refractivity contribution in [2.24, 2.45) is 5.73 Å². The van der Waals surface area contributed by atoms with Gasteiger partial charge in [0.2, 0.25) is 0 Å². The zero-order chi connectivity index (χ0) is 13.0. The van der Waals surface area contributed by atoms with Crippen LogP contribution in [0.1, 0.15) is 16.2 Å². The van der Waals surface area contributed by atoms with Crippen LogP contribution in [0.3, 0.4) is 0 Å². The Bertz CT molecular complexity index is 505. The van der Waals surface area contributed by atoms with Gasteiger partial charge in [0.1, 0.15) is 5.76 Å². The number of hydrogen-bond donors (Lipinski definition) is 1. The Morgan fingerprint density at radius 1 is 1.61 bits per heavy atom. The van der Waals surface area contributed by atoms with E-state index in [1.807, 2.05) is 6.07 Å². The first-order valence-electron chi connectivity index (χ1n) is 5.58. The van der Waals surface area contributed by atoms with Crippen LogP contribution < -0.4 is 5.73 Å². The normalized spacial score (nSPS) is 10.6. The summed E-state index contributed by atoms with van der Waals surface area (Å²) < 4.78 is 6.73. The highest BCUT2D eigenvalue weighted by molar-refractivity contribution is 5.91. The van der Waals surface area contributed by atoms with Gasteiger partial charge in [0.25, 0.3) is 5.91 Å². The van der Waals surface area contributed by atoms with Crippen LogP contribution in [0.25, 0.3) is 0 Å². The number of carbonyl (C=O) groups is 1. The van der Waals surface area contributed by atoms with Gasteiger partial charge in [-0.1, -0.05) is 5.21 Å². The molecule has 0 unspecified atom stereocenters. The van der Waals surface area contributed by atoms with Crippen LogP contribution in [0.4, 0.5) is 0 Å². The molecular weight excluding hydrogens is 234 g/mol. The van der Waals surface area contributed by atoms with Crippen molar-refractivity contribution in [2.75, 3.05) is 13.6 Å². The number of carbonyl (C=O) groups excluding carboxylic acids is 1. The van der Waals surface area contributed by atoms with E-state index < -0.39 is 0 Å². The fraction of sp³-hybridized carbons (Fsp3) is 0.364. The van der Waals surface area contributed by atoms with Gasteiger partial charge >= 0.3 is 0 Å². The smallest absolute Gasteiger partial charge is 0.276 e. The van der Waals surface area contributed by atoms with E-state index in [0.29, 0.717) is 25.3 Å². The number of amides is 1. The van der Waals surface area contributed by atoms with Crippen molar-refractivity contribution in [2.45, 2.75) is 13.1 Å². The fourth-order valence-electron chi connectivity index (χ4n) is 1.54. The Morgan fingerprint density at radius 3 is 3.11 bits per heavy atom. The summed E-state index contributed by atoms with van der Waals surface area (Å²) >= 11 is 0. The first-order chi connectivity index (χ1) is 8.70. The second-order valence-electron chi connectivity index (χ2n) is 3.90. The van der Waals surface area contributed by atoms with Crippen LogP contribution in [0, 0.1) is 0 Å². The maximum atomic E-state index is 12.0. The third kappa shape index (κ3) is 2.75. The lowest BCUT2D eigenvalue weighted by molar-refractivity contribution is 0.0769. The maximum Gasteiger partial charge on any atom is 0.276 e. The Hall–Kier alpha value is -2.15. The van der Waals surface area contributed by atoms with Gasteiger partial charge < -0.3 is 15.1 Å². The largest absolute Gasteiger partial charge is 0.467 e. The van der Waals surface area contributed by atoms with E-state index in [2.05, 4.69) is 10.3 Å². The average molecular weight is 249 g/mol. The molecule has 1 amide bonds. The highest BCUT2D eigenvalue weighted by Crippen LogP contribution is 2.06. The fourth-order valence-corrected chi connectivity index (χ4v) is 1.54. The molecule has 96 valence electrons. The monoisotopic (exact) mass is 249 g/mol. The second kappa shape index (κ2) is 5.46. The highest BCUT2D eigenvalue weighted by atomic mass is 16.3. The Morgan fingerprint density at radius 2 is 2.44 bits per heavy atom. The quantitative estimate of drug-likeness (QED) is 0.811.